The second-order valence-electron chi connectivity index (χ2n) is 11.7. The number of fused-ring (bicyclic) bond motifs is 1. The summed E-state index contributed by atoms with van der Waals surface area (Å²) in [5, 5.41) is 40.0. The quantitative estimate of drug-likeness (QED) is 0.0226. The predicted octanol–water partition coefficient (Wildman–Crippen LogP) is -3.50. The van der Waals surface area contributed by atoms with Gasteiger partial charge in [-0.15, -0.1) is 0 Å². The molecule has 1 heterocycles. The number of amides is 5. The Bertz CT molecular complexity index is 1680. The van der Waals surface area contributed by atoms with Crippen molar-refractivity contribution in [3.05, 3.63) is 36.0 Å². The van der Waals surface area contributed by atoms with E-state index in [0.717, 1.165) is 0 Å². The topological polar surface area (TPSA) is 364 Å². The van der Waals surface area contributed by atoms with Crippen LogP contribution in [0.25, 0.3) is 10.9 Å². The summed E-state index contributed by atoms with van der Waals surface area (Å²) >= 11 is 3.87. The number of rotatable bonds is 23. The van der Waals surface area contributed by atoms with Gasteiger partial charge < -0.3 is 64.1 Å². The van der Waals surface area contributed by atoms with Crippen LogP contribution in [0.4, 0.5) is 0 Å². The molecule has 1 aromatic heterocycles. The van der Waals surface area contributed by atoms with E-state index in [4.69, 9.17) is 22.3 Å². The fourth-order valence-electron chi connectivity index (χ4n) is 4.84. The van der Waals surface area contributed by atoms with Crippen molar-refractivity contribution < 1.29 is 53.7 Å². The highest BCUT2D eigenvalue weighted by molar-refractivity contribution is 7.80. The summed E-state index contributed by atoms with van der Waals surface area (Å²) in [6, 6.07) is -0.312. The standard InChI is InChI=1S/C31H44N10O11S/c32-17(7-8-24(43)44)26(47)39-19(6-3-9-35-31(33)34)28(49)41-21(11-25(45)46)29(50)40-20(10-15-12-36-18-5-2-1-4-16(15)18)27(48)37-13-23(42)38-22(14-53)30(51)52/h1-2,4-5,12,17,19-22,36,53H,3,6-11,13-14,32H2,(H,37,48)(H,38,42)(H,39,47)(H,40,50)(H,41,49)(H,43,44)(H,45,46)(H,51,52)(H4,33,34,35)/t17-,19-,20-,21-,22-/m0/s1. The maximum absolute atomic E-state index is 13.6. The number of hydrogen-bond donors (Lipinski definition) is 13. The monoisotopic (exact) mass is 764 g/mol. The molecule has 0 radical (unpaired) electrons. The van der Waals surface area contributed by atoms with Crippen LogP contribution in [0.5, 0.6) is 0 Å². The summed E-state index contributed by atoms with van der Waals surface area (Å²) in [6.07, 6.45) is -0.250. The van der Waals surface area contributed by atoms with Gasteiger partial charge in [-0.3, -0.25) is 38.6 Å². The Kier molecular flexibility index (Phi) is 17.5. The minimum atomic E-state index is -1.80. The zero-order valence-electron chi connectivity index (χ0n) is 28.4. The van der Waals surface area contributed by atoms with Crippen molar-refractivity contribution in [2.24, 2.45) is 22.2 Å². The molecule has 0 spiro atoms. The summed E-state index contributed by atoms with van der Waals surface area (Å²) in [7, 11) is 0. The fourth-order valence-corrected chi connectivity index (χ4v) is 5.09. The zero-order valence-corrected chi connectivity index (χ0v) is 29.3. The van der Waals surface area contributed by atoms with Gasteiger partial charge in [0.15, 0.2) is 5.96 Å². The third-order valence-corrected chi connectivity index (χ3v) is 7.93. The number of para-hydroxylation sites is 1. The second-order valence-corrected chi connectivity index (χ2v) is 12.1. The number of aromatic amines is 1. The SMILES string of the molecule is NC(N)=NCCC[C@H](NC(=O)[C@@H](N)CCC(=O)O)C(=O)N[C@@H](CC(=O)O)C(=O)N[C@@H](Cc1c[nH]c2ccccc12)C(=O)NCC(=O)N[C@@H](CS)C(=O)O. The number of guanidine groups is 1. The first-order valence-electron chi connectivity index (χ1n) is 16.1. The van der Waals surface area contributed by atoms with E-state index >= 15 is 0 Å². The number of thiol groups is 1. The average Bonchev–Trinajstić information content (AvgIpc) is 3.50. The molecule has 22 heteroatoms. The van der Waals surface area contributed by atoms with Crippen LogP contribution < -0.4 is 43.8 Å². The Labute approximate surface area is 307 Å². The summed E-state index contributed by atoms with van der Waals surface area (Å²) < 4.78 is 0. The van der Waals surface area contributed by atoms with Crippen molar-refractivity contribution in [3.8, 4) is 0 Å². The van der Waals surface area contributed by atoms with Gasteiger partial charge in [0.1, 0.15) is 24.2 Å². The number of carboxylic acid groups (broad SMARTS) is 3. The molecule has 0 saturated heterocycles. The average molecular weight is 765 g/mol. The highest BCUT2D eigenvalue weighted by Gasteiger charge is 2.32. The lowest BCUT2D eigenvalue weighted by molar-refractivity contribution is -0.141. The van der Waals surface area contributed by atoms with Crippen LogP contribution in [0, 0.1) is 0 Å². The number of aromatic nitrogens is 1. The van der Waals surface area contributed by atoms with E-state index in [-0.39, 0.29) is 43.9 Å². The van der Waals surface area contributed by atoms with Gasteiger partial charge in [-0.25, -0.2) is 4.79 Å². The molecule has 5 atom stereocenters. The van der Waals surface area contributed by atoms with E-state index < -0.39 is 97.0 Å². The number of H-pyrrole nitrogens is 1. The Balaban J connectivity index is 2.32. The summed E-state index contributed by atoms with van der Waals surface area (Å²) in [6.45, 7) is -0.665. The largest absolute Gasteiger partial charge is 0.481 e. The molecule has 5 amide bonds. The zero-order chi connectivity index (χ0) is 39.7. The van der Waals surface area contributed by atoms with E-state index in [1.165, 1.54) is 0 Å². The molecule has 0 saturated carbocycles. The van der Waals surface area contributed by atoms with Gasteiger partial charge in [-0.1, -0.05) is 18.2 Å². The summed E-state index contributed by atoms with van der Waals surface area (Å²) in [4.78, 5) is 106. The molecule has 0 aliphatic rings. The van der Waals surface area contributed by atoms with Crippen LogP contribution in [-0.2, 0) is 44.8 Å². The third-order valence-electron chi connectivity index (χ3n) is 7.57. The minimum Gasteiger partial charge on any atom is -0.481 e. The number of nitrogens with two attached hydrogens (primary N) is 3. The molecule has 0 aliphatic carbocycles. The summed E-state index contributed by atoms with van der Waals surface area (Å²) in [5.41, 5.74) is 17.7. The van der Waals surface area contributed by atoms with E-state index in [1.54, 1.807) is 30.5 Å². The van der Waals surface area contributed by atoms with Crippen molar-refractivity contribution in [2.45, 2.75) is 68.7 Å². The van der Waals surface area contributed by atoms with Crippen LogP contribution in [0.1, 0.15) is 37.7 Å². The van der Waals surface area contributed by atoms with Gasteiger partial charge in [0.05, 0.1) is 19.0 Å². The highest BCUT2D eigenvalue weighted by Crippen LogP contribution is 2.19. The van der Waals surface area contributed by atoms with E-state index in [9.17, 15) is 48.6 Å². The van der Waals surface area contributed by atoms with Gasteiger partial charge >= 0.3 is 17.9 Å². The van der Waals surface area contributed by atoms with Crippen molar-refractivity contribution in [1.82, 2.24) is 31.6 Å². The Morgan fingerprint density at radius 1 is 0.792 bits per heavy atom. The number of nitrogens with zero attached hydrogens (tertiary/aromatic N) is 1. The third kappa shape index (κ3) is 15.1. The van der Waals surface area contributed by atoms with Gasteiger partial charge in [0.25, 0.3) is 0 Å². The van der Waals surface area contributed by atoms with Gasteiger partial charge in [0, 0.05) is 42.2 Å². The molecular weight excluding hydrogens is 720 g/mol. The van der Waals surface area contributed by atoms with E-state index in [2.05, 4.69) is 49.2 Å². The normalized spacial score (nSPS) is 13.6. The van der Waals surface area contributed by atoms with Gasteiger partial charge in [-0.05, 0) is 30.9 Å². The predicted molar refractivity (Wildman–Crippen MR) is 191 cm³/mol. The maximum Gasteiger partial charge on any atom is 0.327 e. The first-order chi connectivity index (χ1) is 25.0. The Morgan fingerprint density at radius 3 is 2.06 bits per heavy atom. The van der Waals surface area contributed by atoms with Crippen LogP contribution >= 0.6 is 12.6 Å². The molecule has 2 rings (SSSR count). The molecule has 15 N–H and O–H groups in total. The molecular formula is C31H44N10O11S. The lowest BCUT2D eigenvalue weighted by Crippen LogP contribution is -2.58. The number of aliphatic imine (C=N–C) groups is 1. The Morgan fingerprint density at radius 2 is 1.43 bits per heavy atom. The van der Waals surface area contributed by atoms with Gasteiger partial charge in [-0.2, -0.15) is 12.6 Å². The molecule has 0 bridgehead atoms. The second kappa shape index (κ2) is 21.5. The number of carbonyl (C=O) groups is 8. The molecule has 1 aromatic carbocycles. The Hall–Kier alpha value is -5.90. The number of carbonyl (C=O) groups excluding carboxylic acids is 5. The van der Waals surface area contributed by atoms with Crippen molar-refractivity contribution in [2.75, 3.05) is 18.8 Å². The number of carboxylic acids is 3. The summed E-state index contributed by atoms with van der Waals surface area (Å²) in [5.74, 6) is -9.34. The van der Waals surface area contributed by atoms with Crippen molar-refractivity contribution in [1.29, 1.82) is 0 Å². The molecule has 2 aromatic rings. The molecule has 0 fully saturated rings. The van der Waals surface area contributed by atoms with Crippen LogP contribution in [0.3, 0.4) is 0 Å². The molecule has 53 heavy (non-hydrogen) atoms. The number of hydrogen-bond acceptors (Lipinski definition) is 11. The number of benzene rings is 1. The van der Waals surface area contributed by atoms with E-state index in [0.29, 0.717) is 16.5 Å². The lowest BCUT2D eigenvalue weighted by atomic mass is 10.0. The van der Waals surface area contributed by atoms with Gasteiger partial charge in [0.2, 0.25) is 29.5 Å². The molecule has 0 unspecified atom stereocenters. The number of aliphatic carboxylic acids is 3. The van der Waals surface area contributed by atoms with Crippen LogP contribution in [-0.4, -0.2) is 123 Å². The minimum absolute atomic E-state index is 0.0281. The molecule has 290 valence electrons. The number of nitrogens with one attached hydrogen (secondary N) is 6. The van der Waals surface area contributed by atoms with Crippen LogP contribution in [0.2, 0.25) is 0 Å². The smallest absolute Gasteiger partial charge is 0.327 e. The van der Waals surface area contributed by atoms with Crippen molar-refractivity contribution >= 4 is 76.9 Å². The highest BCUT2D eigenvalue weighted by atomic mass is 32.1. The fraction of sp³-hybridized carbons (Fsp3) is 0.452. The van der Waals surface area contributed by atoms with Crippen molar-refractivity contribution in [3.63, 3.8) is 0 Å². The first kappa shape index (κ1) is 43.3. The molecule has 0 aliphatic heterocycles. The first-order valence-corrected chi connectivity index (χ1v) is 16.8. The lowest BCUT2D eigenvalue weighted by Gasteiger charge is -2.25. The van der Waals surface area contributed by atoms with E-state index in [1.807, 2.05) is 0 Å². The molecule has 21 nitrogen and oxygen atoms in total. The van der Waals surface area contributed by atoms with Crippen LogP contribution in [0.15, 0.2) is 35.5 Å². The maximum atomic E-state index is 13.6.